The van der Waals surface area contributed by atoms with E-state index in [0.717, 1.165) is 25.5 Å². The maximum atomic E-state index is 4.69. The molecule has 0 unspecified atom stereocenters. The van der Waals surface area contributed by atoms with Crippen LogP contribution in [0.15, 0.2) is 36.5 Å². The highest BCUT2D eigenvalue weighted by Gasteiger charge is 2.11. The SMILES string of the molecule is CCNCc1cnc(N(CC)c2ccc(C)cc2)c(C)c1. The molecule has 1 N–H and O–H groups in total. The van der Waals surface area contributed by atoms with Gasteiger partial charge >= 0.3 is 0 Å². The number of aromatic nitrogens is 1. The van der Waals surface area contributed by atoms with Gasteiger partial charge in [-0.05, 0) is 56.6 Å². The molecule has 0 spiro atoms. The predicted molar refractivity (Wildman–Crippen MR) is 90.2 cm³/mol. The van der Waals surface area contributed by atoms with E-state index in [-0.39, 0.29) is 0 Å². The Morgan fingerprint density at radius 2 is 1.81 bits per heavy atom. The van der Waals surface area contributed by atoms with E-state index < -0.39 is 0 Å². The number of hydrogen-bond donors (Lipinski definition) is 1. The molecule has 2 aromatic rings. The third kappa shape index (κ3) is 3.82. The molecular weight excluding hydrogens is 258 g/mol. The lowest BCUT2D eigenvalue weighted by Gasteiger charge is -2.24. The van der Waals surface area contributed by atoms with Crippen molar-refractivity contribution >= 4 is 11.5 Å². The molecule has 3 nitrogen and oxygen atoms in total. The van der Waals surface area contributed by atoms with Crippen LogP contribution in [0.3, 0.4) is 0 Å². The molecule has 1 aromatic heterocycles. The summed E-state index contributed by atoms with van der Waals surface area (Å²) in [5.41, 5.74) is 4.92. The molecule has 0 fully saturated rings. The molecular formula is C18H25N3. The maximum absolute atomic E-state index is 4.69. The molecule has 112 valence electrons. The highest BCUT2D eigenvalue weighted by molar-refractivity contribution is 5.63. The summed E-state index contributed by atoms with van der Waals surface area (Å²) in [7, 11) is 0. The zero-order valence-corrected chi connectivity index (χ0v) is 13.5. The second kappa shape index (κ2) is 7.23. The van der Waals surface area contributed by atoms with Gasteiger partial charge in [0.25, 0.3) is 0 Å². The van der Waals surface area contributed by atoms with Gasteiger partial charge < -0.3 is 10.2 Å². The number of pyridine rings is 1. The van der Waals surface area contributed by atoms with Gasteiger partial charge in [-0.25, -0.2) is 4.98 Å². The number of rotatable bonds is 6. The molecule has 0 aliphatic carbocycles. The van der Waals surface area contributed by atoms with E-state index in [1.807, 2.05) is 6.20 Å². The molecule has 0 aliphatic rings. The molecule has 0 saturated heterocycles. The van der Waals surface area contributed by atoms with Crippen molar-refractivity contribution in [3.05, 3.63) is 53.2 Å². The van der Waals surface area contributed by atoms with Crippen molar-refractivity contribution in [1.29, 1.82) is 0 Å². The van der Waals surface area contributed by atoms with Crippen molar-refractivity contribution in [2.75, 3.05) is 18.0 Å². The van der Waals surface area contributed by atoms with Crippen LogP contribution >= 0.6 is 0 Å². The van der Waals surface area contributed by atoms with E-state index in [9.17, 15) is 0 Å². The molecule has 21 heavy (non-hydrogen) atoms. The molecule has 3 heteroatoms. The molecule has 0 bridgehead atoms. The summed E-state index contributed by atoms with van der Waals surface area (Å²) >= 11 is 0. The van der Waals surface area contributed by atoms with Gasteiger partial charge in [0.1, 0.15) is 5.82 Å². The van der Waals surface area contributed by atoms with E-state index in [0.29, 0.717) is 0 Å². The summed E-state index contributed by atoms with van der Waals surface area (Å²) < 4.78 is 0. The largest absolute Gasteiger partial charge is 0.326 e. The summed E-state index contributed by atoms with van der Waals surface area (Å²) in [4.78, 5) is 6.94. The Labute approximate surface area is 128 Å². The topological polar surface area (TPSA) is 28.2 Å². The van der Waals surface area contributed by atoms with Crippen LogP contribution in [0.1, 0.15) is 30.5 Å². The lowest BCUT2D eigenvalue weighted by atomic mass is 10.1. The van der Waals surface area contributed by atoms with Gasteiger partial charge in [-0.2, -0.15) is 0 Å². The van der Waals surface area contributed by atoms with Crippen molar-refractivity contribution in [1.82, 2.24) is 10.3 Å². The highest BCUT2D eigenvalue weighted by Crippen LogP contribution is 2.26. The molecule has 0 aliphatic heterocycles. The summed E-state index contributed by atoms with van der Waals surface area (Å²) in [6, 6.07) is 10.8. The van der Waals surface area contributed by atoms with E-state index in [2.05, 4.69) is 73.2 Å². The van der Waals surface area contributed by atoms with Crippen LogP contribution in [0.5, 0.6) is 0 Å². The molecule has 1 heterocycles. The van der Waals surface area contributed by atoms with Crippen molar-refractivity contribution in [3.63, 3.8) is 0 Å². The Morgan fingerprint density at radius 1 is 1.10 bits per heavy atom. The van der Waals surface area contributed by atoms with Gasteiger partial charge in [-0.15, -0.1) is 0 Å². The average molecular weight is 283 g/mol. The fourth-order valence-corrected chi connectivity index (χ4v) is 2.45. The van der Waals surface area contributed by atoms with Crippen LogP contribution in [0.4, 0.5) is 11.5 Å². The number of anilines is 2. The van der Waals surface area contributed by atoms with Crippen molar-refractivity contribution in [2.24, 2.45) is 0 Å². The van der Waals surface area contributed by atoms with E-state index in [1.165, 1.54) is 22.4 Å². The van der Waals surface area contributed by atoms with Crippen LogP contribution in [0.25, 0.3) is 0 Å². The first-order valence-corrected chi connectivity index (χ1v) is 7.66. The Kier molecular flexibility index (Phi) is 5.34. The molecule has 0 amide bonds. The van der Waals surface area contributed by atoms with Crippen LogP contribution in [-0.4, -0.2) is 18.1 Å². The minimum atomic E-state index is 0.876. The highest BCUT2D eigenvalue weighted by atomic mass is 15.2. The van der Waals surface area contributed by atoms with E-state index >= 15 is 0 Å². The second-order valence-corrected chi connectivity index (χ2v) is 5.34. The minimum absolute atomic E-state index is 0.876. The minimum Gasteiger partial charge on any atom is -0.326 e. The maximum Gasteiger partial charge on any atom is 0.135 e. The van der Waals surface area contributed by atoms with Gasteiger partial charge in [0, 0.05) is 25.0 Å². The van der Waals surface area contributed by atoms with Crippen molar-refractivity contribution < 1.29 is 0 Å². The molecule has 0 atom stereocenters. The third-order valence-corrected chi connectivity index (χ3v) is 3.60. The number of aryl methyl sites for hydroxylation is 2. The monoisotopic (exact) mass is 283 g/mol. The van der Waals surface area contributed by atoms with Gasteiger partial charge in [0.05, 0.1) is 0 Å². The van der Waals surface area contributed by atoms with Crippen LogP contribution < -0.4 is 10.2 Å². The van der Waals surface area contributed by atoms with E-state index in [4.69, 9.17) is 0 Å². The quantitative estimate of drug-likeness (QED) is 0.869. The fraction of sp³-hybridized carbons (Fsp3) is 0.389. The Morgan fingerprint density at radius 3 is 2.38 bits per heavy atom. The molecule has 2 rings (SSSR count). The zero-order valence-electron chi connectivity index (χ0n) is 13.5. The Hall–Kier alpha value is -1.87. The number of hydrogen-bond acceptors (Lipinski definition) is 3. The standard InChI is InChI=1S/C18H25N3/c1-5-19-12-16-11-15(4)18(20-13-16)21(6-2)17-9-7-14(3)8-10-17/h7-11,13,19H,5-6,12H2,1-4H3. The van der Waals surface area contributed by atoms with Gasteiger partial charge in [-0.1, -0.05) is 24.6 Å². The molecule has 1 aromatic carbocycles. The number of nitrogens with zero attached hydrogens (tertiary/aromatic N) is 2. The van der Waals surface area contributed by atoms with Gasteiger partial charge in [0.2, 0.25) is 0 Å². The molecule has 0 radical (unpaired) electrons. The van der Waals surface area contributed by atoms with Crippen molar-refractivity contribution in [2.45, 2.75) is 34.2 Å². The third-order valence-electron chi connectivity index (χ3n) is 3.60. The number of benzene rings is 1. The first-order chi connectivity index (χ1) is 10.2. The predicted octanol–water partition coefficient (Wildman–Crippen LogP) is 3.97. The summed E-state index contributed by atoms with van der Waals surface area (Å²) in [5, 5.41) is 3.34. The fourth-order valence-electron chi connectivity index (χ4n) is 2.45. The second-order valence-electron chi connectivity index (χ2n) is 5.34. The van der Waals surface area contributed by atoms with Gasteiger partial charge in [0.15, 0.2) is 0 Å². The summed E-state index contributed by atoms with van der Waals surface area (Å²) in [6.45, 7) is 11.3. The summed E-state index contributed by atoms with van der Waals surface area (Å²) in [5.74, 6) is 1.04. The average Bonchev–Trinajstić information content (AvgIpc) is 2.49. The zero-order chi connectivity index (χ0) is 15.2. The Balaban J connectivity index is 2.27. The molecule has 0 saturated carbocycles. The van der Waals surface area contributed by atoms with Crippen LogP contribution in [-0.2, 0) is 6.54 Å². The van der Waals surface area contributed by atoms with E-state index in [1.54, 1.807) is 0 Å². The Bertz CT molecular complexity index is 576. The first-order valence-electron chi connectivity index (χ1n) is 7.66. The first kappa shape index (κ1) is 15.5. The van der Waals surface area contributed by atoms with Crippen molar-refractivity contribution in [3.8, 4) is 0 Å². The summed E-state index contributed by atoms with van der Waals surface area (Å²) in [6.07, 6.45) is 1.97. The lowest BCUT2D eigenvalue weighted by molar-refractivity contribution is 0.723. The van der Waals surface area contributed by atoms with Crippen LogP contribution in [0.2, 0.25) is 0 Å². The lowest BCUT2D eigenvalue weighted by Crippen LogP contribution is -2.19. The van der Waals surface area contributed by atoms with Crippen LogP contribution in [0, 0.1) is 13.8 Å². The smallest absolute Gasteiger partial charge is 0.135 e. The normalized spacial score (nSPS) is 10.7. The van der Waals surface area contributed by atoms with Gasteiger partial charge in [-0.3, -0.25) is 0 Å². The number of nitrogens with one attached hydrogen (secondary N) is 1.